The summed E-state index contributed by atoms with van der Waals surface area (Å²) in [6.07, 6.45) is 3.84. The zero-order valence-corrected chi connectivity index (χ0v) is 12.2. The second-order valence-corrected chi connectivity index (χ2v) is 6.60. The van der Waals surface area contributed by atoms with Crippen molar-refractivity contribution < 1.29 is 0 Å². The van der Waals surface area contributed by atoms with Crippen LogP contribution in [0, 0.1) is 6.92 Å². The topological polar surface area (TPSA) is 56.7 Å². The lowest BCUT2D eigenvalue weighted by atomic mass is 10.3. The van der Waals surface area contributed by atoms with Crippen molar-refractivity contribution in [2.45, 2.75) is 17.8 Å². The number of thioether (sulfide) groups is 1. The average molecular weight is 290 g/mol. The molecule has 0 aliphatic carbocycles. The Morgan fingerprint density at radius 2 is 2.32 bits per heavy atom. The molecule has 0 saturated heterocycles. The van der Waals surface area contributed by atoms with Crippen molar-refractivity contribution in [1.29, 1.82) is 0 Å². The Hall–Kier alpha value is -1.53. The van der Waals surface area contributed by atoms with Crippen molar-refractivity contribution in [3.05, 3.63) is 36.4 Å². The van der Waals surface area contributed by atoms with Gasteiger partial charge in [0.1, 0.15) is 5.82 Å². The van der Waals surface area contributed by atoms with Crippen LogP contribution in [0.4, 0.5) is 5.69 Å². The largest absolute Gasteiger partial charge is 0.399 e. The van der Waals surface area contributed by atoms with E-state index in [0.717, 1.165) is 38.4 Å². The van der Waals surface area contributed by atoms with Crippen molar-refractivity contribution in [1.82, 2.24) is 14.5 Å². The molecule has 0 aliphatic heterocycles. The molecule has 2 heterocycles. The third kappa shape index (κ3) is 2.74. The van der Waals surface area contributed by atoms with Crippen LogP contribution in [-0.4, -0.2) is 20.3 Å². The van der Waals surface area contributed by atoms with Gasteiger partial charge in [-0.25, -0.2) is 9.97 Å². The minimum atomic E-state index is 0.793. The number of rotatable bonds is 4. The fourth-order valence-corrected chi connectivity index (χ4v) is 3.98. The molecule has 3 aromatic rings. The number of hydrogen-bond acceptors (Lipinski definition) is 5. The summed E-state index contributed by atoms with van der Waals surface area (Å²) in [6, 6.07) is 5.85. The number of nitrogens with zero attached hydrogens (tertiary/aromatic N) is 3. The molecule has 0 atom stereocenters. The van der Waals surface area contributed by atoms with Crippen molar-refractivity contribution in [2.24, 2.45) is 0 Å². The number of nitrogens with two attached hydrogens (primary N) is 1. The zero-order valence-electron chi connectivity index (χ0n) is 10.5. The Bertz CT molecular complexity index is 702. The van der Waals surface area contributed by atoms with Crippen LogP contribution >= 0.6 is 23.1 Å². The van der Waals surface area contributed by atoms with Crippen molar-refractivity contribution in [3.63, 3.8) is 0 Å². The molecule has 0 bridgehead atoms. The second-order valence-electron chi connectivity index (χ2n) is 4.22. The van der Waals surface area contributed by atoms with Gasteiger partial charge in [-0.15, -0.1) is 11.3 Å². The van der Waals surface area contributed by atoms with Gasteiger partial charge in [0.25, 0.3) is 0 Å². The maximum atomic E-state index is 5.78. The van der Waals surface area contributed by atoms with Gasteiger partial charge in [-0.05, 0) is 25.1 Å². The van der Waals surface area contributed by atoms with Gasteiger partial charge < -0.3 is 10.3 Å². The van der Waals surface area contributed by atoms with Crippen LogP contribution in [0.25, 0.3) is 10.2 Å². The molecule has 19 heavy (non-hydrogen) atoms. The lowest BCUT2D eigenvalue weighted by Crippen LogP contribution is -2.01. The van der Waals surface area contributed by atoms with Gasteiger partial charge in [-0.1, -0.05) is 11.8 Å². The average Bonchev–Trinajstić information content (AvgIpc) is 2.95. The summed E-state index contributed by atoms with van der Waals surface area (Å²) in [6.45, 7) is 2.97. The molecule has 4 nitrogen and oxygen atoms in total. The Labute approximate surface area is 119 Å². The van der Waals surface area contributed by atoms with Crippen LogP contribution in [0.3, 0.4) is 0 Å². The third-order valence-corrected chi connectivity index (χ3v) is 5.02. The summed E-state index contributed by atoms with van der Waals surface area (Å²) in [5, 5.41) is 0. The monoisotopic (exact) mass is 290 g/mol. The van der Waals surface area contributed by atoms with Crippen LogP contribution in [0.5, 0.6) is 0 Å². The van der Waals surface area contributed by atoms with E-state index in [4.69, 9.17) is 5.73 Å². The standard InChI is InChI=1S/C13H14N4S2/c1-9-15-4-5-17(9)6-7-18-13-16-11-3-2-10(14)8-12(11)19-13/h2-5,8H,6-7,14H2,1H3. The van der Waals surface area contributed by atoms with E-state index in [1.54, 1.807) is 23.1 Å². The fraction of sp³-hybridized carbons (Fsp3) is 0.231. The van der Waals surface area contributed by atoms with Crippen LogP contribution in [-0.2, 0) is 6.54 Å². The van der Waals surface area contributed by atoms with Gasteiger partial charge in [-0.2, -0.15) is 0 Å². The zero-order chi connectivity index (χ0) is 13.2. The van der Waals surface area contributed by atoms with Crippen molar-refractivity contribution in [3.8, 4) is 0 Å². The molecule has 98 valence electrons. The fourth-order valence-electron chi connectivity index (χ4n) is 1.85. The molecular weight excluding hydrogens is 276 g/mol. The second kappa shape index (κ2) is 5.22. The maximum Gasteiger partial charge on any atom is 0.151 e. The van der Waals surface area contributed by atoms with Crippen molar-refractivity contribution >= 4 is 39.0 Å². The predicted octanol–water partition coefficient (Wildman–Crippen LogP) is 3.18. The highest BCUT2D eigenvalue weighted by Gasteiger charge is 2.05. The van der Waals surface area contributed by atoms with Gasteiger partial charge >= 0.3 is 0 Å². The summed E-state index contributed by atoms with van der Waals surface area (Å²) in [4.78, 5) is 8.81. The van der Waals surface area contributed by atoms with Crippen LogP contribution in [0.2, 0.25) is 0 Å². The minimum Gasteiger partial charge on any atom is -0.399 e. The molecule has 2 aromatic heterocycles. The number of thiazole rings is 1. The highest BCUT2D eigenvalue weighted by atomic mass is 32.2. The molecule has 0 aliphatic rings. The first-order valence-corrected chi connectivity index (χ1v) is 7.79. The highest BCUT2D eigenvalue weighted by Crippen LogP contribution is 2.30. The molecular formula is C13H14N4S2. The summed E-state index contributed by atoms with van der Waals surface area (Å²) in [7, 11) is 0. The number of benzene rings is 1. The van der Waals surface area contributed by atoms with E-state index in [9.17, 15) is 0 Å². The summed E-state index contributed by atoms with van der Waals surface area (Å²) >= 11 is 3.48. The molecule has 6 heteroatoms. The van der Waals surface area contributed by atoms with Gasteiger partial charge in [0.05, 0.1) is 10.2 Å². The number of anilines is 1. The maximum absolute atomic E-state index is 5.78. The number of nitrogen functional groups attached to an aromatic ring is 1. The van der Waals surface area contributed by atoms with E-state index in [-0.39, 0.29) is 0 Å². The normalized spacial score (nSPS) is 11.2. The van der Waals surface area contributed by atoms with Crippen molar-refractivity contribution in [2.75, 3.05) is 11.5 Å². The lowest BCUT2D eigenvalue weighted by Gasteiger charge is -2.02. The van der Waals surface area contributed by atoms with Crippen LogP contribution < -0.4 is 5.73 Å². The molecule has 2 N–H and O–H groups in total. The smallest absolute Gasteiger partial charge is 0.151 e. The number of aryl methyl sites for hydroxylation is 2. The molecule has 0 fully saturated rings. The summed E-state index contributed by atoms with van der Waals surface area (Å²) in [5.41, 5.74) is 7.60. The molecule has 1 aromatic carbocycles. The molecule has 0 unspecified atom stereocenters. The van der Waals surface area contributed by atoms with Gasteiger partial charge in [0.2, 0.25) is 0 Å². The van der Waals surface area contributed by atoms with Gasteiger partial charge in [-0.3, -0.25) is 0 Å². The number of fused-ring (bicyclic) bond motifs is 1. The van der Waals surface area contributed by atoms with E-state index in [1.807, 2.05) is 37.5 Å². The van der Waals surface area contributed by atoms with E-state index >= 15 is 0 Å². The van der Waals surface area contributed by atoms with Gasteiger partial charge in [0, 0.05) is 30.4 Å². The number of hydrogen-bond donors (Lipinski definition) is 1. The SMILES string of the molecule is Cc1nccn1CCSc1nc2ccc(N)cc2s1. The predicted molar refractivity (Wildman–Crippen MR) is 81.7 cm³/mol. The Morgan fingerprint density at radius 1 is 1.42 bits per heavy atom. The van der Waals surface area contributed by atoms with Gasteiger partial charge in [0.15, 0.2) is 4.34 Å². The first-order chi connectivity index (χ1) is 9.22. The molecule has 3 rings (SSSR count). The summed E-state index contributed by atoms with van der Waals surface area (Å²) < 4.78 is 4.40. The Kier molecular flexibility index (Phi) is 3.44. The Morgan fingerprint density at radius 3 is 3.11 bits per heavy atom. The van der Waals surface area contributed by atoms with E-state index < -0.39 is 0 Å². The molecule has 0 spiro atoms. The quantitative estimate of drug-likeness (QED) is 0.592. The Balaban J connectivity index is 1.67. The number of imidazole rings is 1. The van der Waals surface area contributed by atoms with Crippen LogP contribution in [0.1, 0.15) is 5.82 Å². The molecule has 0 saturated carbocycles. The number of aromatic nitrogens is 3. The highest BCUT2D eigenvalue weighted by molar-refractivity contribution is 8.01. The summed E-state index contributed by atoms with van der Waals surface area (Å²) in [5.74, 6) is 2.05. The first-order valence-electron chi connectivity index (χ1n) is 5.99. The van der Waals surface area contributed by atoms with E-state index in [2.05, 4.69) is 14.5 Å². The van der Waals surface area contributed by atoms with E-state index in [1.165, 1.54) is 0 Å². The first kappa shape index (κ1) is 12.5. The van der Waals surface area contributed by atoms with E-state index in [0.29, 0.717) is 0 Å². The third-order valence-electron chi connectivity index (χ3n) is 2.87. The lowest BCUT2D eigenvalue weighted by molar-refractivity contribution is 0.738. The van der Waals surface area contributed by atoms with Crippen LogP contribution in [0.15, 0.2) is 34.9 Å². The molecule has 0 amide bonds. The molecule has 0 radical (unpaired) electrons. The minimum absolute atomic E-state index is 0.793.